The molecular formula is C20H31N3O4. The van der Waals surface area contributed by atoms with E-state index in [1.54, 1.807) is 52.1 Å². The van der Waals surface area contributed by atoms with Gasteiger partial charge in [-0.3, -0.25) is 14.5 Å². The number of nitrogens with zero attached hydrogens (tertiary/aromatic N) is 2. The minimum atomic E-state index is -0.763. The normalized spacial score (nSPS) is 13.4. The van der Waals surface area contributed by atoms with E-state index >= 15 is 0 Å². The van der Waals surface area contributed by atoms with E-state index < -0.39 is 17.7 Å². The van der Waals surface area contributed by atoms with Gasteiger partial charge >= 0.3 is 6.09 Å². The lowest BCUT2D eigenvalue weighted by molar-refractivity contribution is -0.121. The first-order valence-electron chi connectivity index (χ1n) is 9.28. The SMILES string of the molecule is CCCC(NC(=O)OC(C)(C)C)C(=O)N(c1ccccn1)C(C)CC(C)=O. The molecular weight excluding hydrogens is 346 g/mol. The number of carbonyl (C=O) groups excluding carboxylic acids is 3. The monoisotopic (exact) mass is 377 g/mol. The molecule has 1 aromatic rings. The summed E-state index contributed by atoms with van der Waals surface area (Å²) in [6.07, 6.45) is 2.30. The zero-order valence-corrected chi connectivity index (χ0v) is 17.1. The van der Waals surface area contributed by atoms with Crippen molar-refractivity contribution in [2.75, 3.05) is 4.90 Å². The molecule has 7 nitrogen and oxygen atoms in total. The minimum Gasteiger partial charge on any atom is -0.444 e. The van der Waals surface area contributed by atoms with Crippen molar-refractivity contribution in [1.82, 2.24) is 10.3 Å². The Morgan fingerprint density at radius 1 is 1.26 bits per heavy atom. The van der Waals surface area contributed by atoms with E-state index in [1.165, 1.54) is 11.8 Å². The molecule has 0 aliphatic carbocycles. The van der Waals surface area contributed by atoms with E-state index in [4.69, 9.17) is 4.74 Å². The largest absolute Gasteiger partial charge is 0.444 e. The quantitative estimate of drug-likeness (QED) is 0.749. The molecule has 0 bridgehead atoms. The first-order chi connectivity index (χ1) is 12.5. The predicted octanol–water partition coefficient (Wildman–Crippen LogP) is 3.48. The molecule has 0 aliphatic rings. The smallest absolute Gasteiger partial charge is 0.408 e. The van der Waals surface area contributed by atoms with Gasteiger partial charge in [-0.15, -0.1) is 0 Å². The zero-order chi connectivity index (χ0) is 20.6. The first kappa shape index (κ1) is 22.6. The number of pyridine rings is 1. The van der Waals surface area contributed by atoms with Crippen LogP contribution in [0.4, 0.5) is 10.6 Å². The van der Waals surface area contributed by atoms with Gasteiger partial charge in [0.2, 0.25) is 0 Å². The van der Waals surface area contributed by atoms with Crippen LogP contribution in [0.5, 0.6) is 0 Å². The molecule has 0 saturated carbocycles. The number of aromatic nitrogens is 1. The van der Waals surface area contributed by atoms with Crippen LogP contribution in [-0.4, -0.2) is 40.5 Å². The summed E-state index contributed by atoms with van der Waals surface area (Å²) in [5.74, 6) is 0.113. The van der Waals surface area contributed by atoms with Crippen molar-refractivity contribution in [2.24, 2.45) is 0 Å². The number of amides is 2. The van der Waals surface area contributed by atoms with E-state index in [0.29, 0.717) is 18.7 Å². The van der Waals surface area contributed by atoms with Crippen LogP contribution in [0.2, 0.25) is 0 Å². The summed E-state index contributed by atoms with van der Waals surface area (Å²) in [5.41, 5.74) is -0.660. The highest BCUT2D eigenvalue weighted by Gasteiger charge is 2.32. The first-order valence-corrected chi connectivity index (χ1v) is 9.28. The summed E-state index contributed by atoms with van der Waals surface area (Å²) < 4.78 is 5.28. The molecule has 1 rings (SSSR count). The number of hydrogen-bond acceptors (Lipinski definition) is 5. The Hall–Kier alpha value is -2.44. The molecule has 0 radical (unpaired) electrons. The number of Topliss-reactive ketones (excluding diaryl/α,β-unsaturated/α-hetero) is 1. The van der Waals surface area contributed by atoms with Gasteiger partial charge < -0.3 is 10.1 Å². The van der Waals surface area contributed by atoms with Crippen LogP contribution >= 0.6 is 0 Å². The molecule has 0 fully saturated rings. The van der Waals surface area contributed by atoms with Gasteiger partial charge in [0.15, 0.2) is 0 Å². The standard InChI is InChI=1S/C20H31N3O4/c1-7-10-16(22-19(26)27-20(4,5)6)18(25)23(14(2)13-15(3)24)17-11-8-9-12-21-17/h8-9,11-12,14,16H,7,10,13H2,1-6H3,(H,22,26). The fourth-order valence-electron chi connectivity index (χ4n) is 2.72. The third-order valence-electron chi connectivity index (χ3n) is 3.72. The Bertz CT molecular complexity index is 640. The Labute approximate surface area is 161 Å². The Morgan fingerprint density at radius 2 is 1.93 bits per heavy atom. The molecule has 2 atom stereocenters. The van der Waals surface area contributed by atoms with E-state index in [0.717, 1.165) is 0 Å². The molecule has 1 aromatic heterocycles. The number of nitrogens with one attached hydrogen (secondary N) is 1. The summed E-state index contributed by atoms with van der Waals surface area (Å²) >= 11 is 0. The molecule has 150 valence electrons. The summed E-state index contributed by atoms with van der Waals surface area (Å²) in [7, 11) is 0. The number of anilines is 1. The Morgan fingerprint density at radius 3 is 2.41 bits per heavy atom. The van der Waals surface area contributed by atoms with Crippen molar-refractivity contribution in [3.8, 4) is 0 Å². The average Bonchev–Trinajstić information content (AvgIpc) is 2.53. The van der Waals surface area contributed by atoms with E-state index in [2.05, 4.69) is 10.3 Å². The molecule has 0 aliphatic heterocycles. The molecule has 27 heavy (non-hydrogen) atoms. The molecule has 1 heterocycles. The van der Waals surface area contributed by atoms with Gasteiger partial charge in [0.05, 0.1) is 0 Å². The Balaban J connectivity index is 3.10. The molecule has 0 saturated heterocycles. The summed E-state index contributed by atoms with van der Waals surface area (Å²) in [6.45, 7) is 10.5. The number of alkyl carbamates (subject to hydrolysis) is 1. The number of hydrogen-bond donors (Lipinski definition) is 1. The number of carbonyl (C=O) groups is 3. The lowest BCUT2D eigenvalue weighted by Crippen LogP contribution is -2.52. The minimum absolute atomic E-state index is 0.0247. The van der Waals surface area contributed by atoms with Crippen LogP contribution in [0.15, 0.2) is 24.4 Å². The highest BCUT2D eigenvalue weighted by atomic mass is 16.6. The van der Waals surface area contributed by atoms with Gasteiger partial charge in [-0.25, -0.2) is 9.78 Å². The average molecular weight is 377 g/mol. The van der Waals surface area contributed by atoms with E-state index in [1.807, 2.05) is 6.92 Å². The van der Waals surface area contributed by atoms with E-state index in [-0.39, 0.29) is 24.2 Å². The van der Waals surface area contributed by atoms with Crippen LogP contribution in [0.3, 0.4) is 0 Å². The summed E-state index contributed by atoms with van der Waals surface area (Å²) in [5, 5.41) is 2.67. The van der Waals surface area contributed by atoms with Gasteiger partial charge in [0.25, 0.3) is 5.91 Å². The van der Waals surface area contributed by atoms with Gasteiger partial charge in [0, 0.05) is 18.7 Å². The van der Waals surface area contributed by atoms with Gasteiger partial charge in [-0.2, -0.15) is 0 Å². The van der Waals surface area contributed by atoms with Crippen LogP contribution in [0, 0.1) is 0 Å². The lowest BCUT2D eigenvalue weighted by atomic mass is 10.1. The number of ketones is 1. The highest BCUT2D eigenvalue weighted by Crippen LogP contribution is 2.19. The van der Waals surface area contributed by atoms with Crippen molar-refractivity contribution in [2.45, 2.75) is 78.5 Å². The highest BCUT2D eigenvalue weighted by molar-refractivity contribution is 5.99. The molecule has 0 aromatic carbocycles. The van der Waals surface area contributed by atoms with Crippen molar-refractivity contribution in [3.63, 3.8) is 0 Å². The second kappa shape index (κ2) is 10.0. The maximum Gasteiger partial charge on any atom is 0.408 e. The number of rotatable bonds is 8. The fourth-order valence-corrected chi connectivity index (χ4v) is 2.72. The molecule has 7 heteroatoms. The van der Waals surface area contributed by atoms with E-state index in [9.17, 15) is 14.4 Å². The van der Waals surface area contributed by atoms with Gasteiger partial charge in [0.1, 0.15) is 23.2 Å². The molecule has 2 unspecified atom stereocenters. The molecule has 2 amide bonds. The van der Waals surface area contributed by atoms with Crippen LogP contribution in [0.25, 0.3) is 0 Å². The third kappa shape index (κ3) is 7.76. The topological polar surface area (TPSA) is 88.6 Å². The van der Waals surface area contributed by atoms with Crippen molar-refractivity contribution in [1.29, 1.82) is 0 Å². The second-order valence-electron chi connectivity index (χ2n) is 7.64. The Kier molecular flexibility index (Phi) is 8.40. The zero-order valence-electron chi connectivity index (χ0n) is 17.1. The second-order valence-corrected chi connectivity index (χ2v) is 7.64. The van der Waals surface area contributed by atoms with Crippen molar-refractivity contribution < 1.29 is 19.1 Å². The van der Waals surface area contributed by atoms with Crippen molar-refractivity contribution in [3.05, 3.63) is 24.4 Å². The fraction of sp³-hybridized carbons (Fsp3) is 0.600. The summed E-state index contributed by atoms with van der Waals surface area (Å²) in [6, 6.07) is 4.10. The molecule has 1 N–H and O–H groups in total. The summed E-state index contributed by atoms with van der Waals surface area (Å²) in [4.78, 5) is 42.8. The lowest BCUT2D eigenvalue weighted by Gasteiger charge is -2.32. The maximum absolute atomic E-state index is 13.3. The van der Waals surface area contributed by atoms with Gasteiger partial charge in [-0.05, 0) is 53.2 Å². The maximum atomic E-state index is 13.3. The van der Waals surface area contributed by atoms with Crippen LogP contribution < -0.4 is 10.2 Å². The van der Waals surface area contributed by atoms with Crippen LogP contribution in [-0.2, 0) is 14.3 Å². The third-order valence-corrected chi connectivity index (χ3v) is 3.72. The molecule has 0 spiro atoms. The number of ether oxygens (including phenoxy) is 1. The van der Waals surface area contributed by atoms with Crippen molar-refractivity contribution >= 4 is 23.6 Å². The van der Waals surface area contributed by atoms with Gasteiger partial charge in [-0.1, -0.05) is 19.4 Å². The predicted molar refractivity (Wildman–Crippen MR) is 105 cm³/mol. The van der Waals surface area contributed by atoms with Crippen LogP contribution in [0.1, 0.15) is 60.8 Å².